The zero-order chi connectivity index (χ0) is 12.4. The van der Waals surface area contributed by atoms with E-state index in [0.717, 1.165) is 4.57 Å². The van der Waals surface area contributed by atoms with Gasteiger partial charge in [-0.05, 0) is 12.1 Å². The summed E-state index contributed by atoms with van der Waals surface area (Å²) in [7, 11) is 0. The second-order valence-electron chi connectivity index (χ2n) is 3.21. The molecule has 0 spiro atoms. The van der Waals surface area contributed by atoms with E-state index in [0.29, 0.717) is 14.2 Å². The van der Waals surface area contributed by atoms with Gasteiger partial charge in [-0.2, -0.15) is 0 Å². The van der Waals surface area contributed by atoms with Gasteiger partial charge in [-0.1, -0.05) is 23.2 Å². The largest absolute Gasteiger partial charge is 0.348 e. The van der Waals surface area contributed by atoms with E-state index in [2.05, 4.69) is 4.98 Å². The molecule has 0 saturated carbocycles. The summed E-state index contributed by atoms with van der Waals surface area (Å²) in [5, 5.41) is 0.307. The van der Waals surface area contributed by atoms with E-state index in [1.165, 1.54) is 23.7 Å². The third-order valence-electron chi connectivity index (χ3n) is 1.99. The fourth-order valence-electron chi connectivity index (χ4n) is 1.24. The Morgan fingerprint density at radius 1 is 1.41 bits per heavy atom. The molecule has 0 bridgehead atoms. The molecule has 88 valence electrons. The normalized spacial score (nSPS) is 10.5. The van der Waals surface area contributed by atoms with E-state index in [1.807, 2.05) is 0 Å². The molecule has 17 heavy (non-hydrogen) atoms. The van der Waals surface area contributed by atoms with Crippen molar-refractivity contribution in [3.8, 4) is 0 Å². The molecule has 0 fully saturated rings. The molecule has 0 saturated heterocycles. The Morgan fingerprint density at radius 2 is 2.18 bits per heavy atom. The van der Waals surface area contributed by atoms with Crippen molar-refractivity contribution in [2.24, 2.45) is 0 Å². The summed E-state index contributed by atoms with van der Waals surface area (Å²) < 4.78 is 1.70. The molecule has 0 radical (unpaired) electrons. The summed E-state index contributed by atoms with van der Waals surface area (Å²) in [6, 6.07) is 3.26. The molecule has 0 aliphatic heterocycles. The first kappa shape index (κ1) is 12.3. The van der Waals surface area contributed by atoms with Crippen LogP contribution >= 0.6 is 34.5 Å². The standard InChI is InChI=1S/C10H6Cl2N2O2S/c11-6-3-13-10(16)14(4-6)5-7(15)8-1-2-9(12)17-8/h1-4H,5H2. The summed E-state index contributed by atoms with van der Waals surface area (Å²) in [6.07, 6.45) is 2.62. The Balaban J connectivity index is 2.24. The Labute approximate surface area is 110 Å². The molecule has 0 amide bonds. The topological polar surface area (TPSA) is 52.0 Å². The van der Waals surface area contributed by atoms with Gasteiger partial charge in [-0.3, -0.25) is 9.36 Å². The van der Waals surface area contributed by atoms with Crippen molar-refractivity contribution in [2.45, 2.75) is 6.54 Å². The Bertz CT molecular complexity index is 621. The number of carbonyl (C=O) groups excluding carboxylic acids is 1. The number of thiophene rings is 1. The number of Topliss-reactive ketones (excluding diaryl/α,β-unsaturated/α-hetero) is 1. The number of hydrogen-bond donors (Lipinski definition) is 0. The number of nitrogens with zero attached hydrogens (tertiary/aromatic N) is 2. The van der Waals surface area contributed by atoms with Crippen LogP contribution in [0.5, 0.6) is 0 Å². The van der Waals surface area contributed by atoms with E-state index >= 15 is 0 Å². The van der Waals surface area contributed by atoms with Gasteiger partial charge in [0.2, 0.25) is 0 Å². The van der Waals surface area contributed by atoms with E-state index in [4.69, 9.17) is 23.2 Å². The number of halogens is 2. The molecule has 0 atom stereocenters. The van der Waals surface area contributed by atoms with Crippen molar-refractivity contribution in [3.63, 3.8) is 0 Å². The smallest absolute Gasteiger partial charge is 0.291 e. The molecule has 2 heterocycles. The van der Waals surface area contributed by atoms with Crippen molar-refractivity contribution >= 4 is 40.3 Å². The van der Waals surface area contributed by atoms with Crippen LogP contribution in [0.15, 0.2) is 29.3 Å². The fraction of sp³-hybridized carbons (Fsp3) is 0.100. The Hall–Kier alpha value is -1.17. The van der Waals surface area contributed by atoms with Gasteiger partial charge in [0.05, 0.1) is 27.0 Å². The van der Waals surface area contributed by atoms with E-state index in [1.54, 1.807) is 12.1 Å². The average molecular weight is 289 g/mol. The minimum Gasteiger partial charge on any atom is -0.291 e. The maximum Gasteiger partial charge on any atom is 0.348 e. The number of hydrogen-bond acceptors (Lipinski definition) is 4. The minimum absolute atomic E-state index is 0.0940. The van der Waals surface area contributed by atoms with Crippen molar-refractivity contribution < 1.29 is 4.79 Å². The summed E-state index contributed by atoms with van der Waals surface area (Å²) >= 11 is 12.6. The van der Waals surface area contributed by atoms with Crippen LogP contribution in [0.1, 0.15) is 9.67 Å². The van der Waals surface area contributed by atoms with Gasteiger partial charge in [-0.25, -0.2) is 9.78 Å². The van der Waals surface area contributed by atoms with E-state index < -0.39 is 5.69 Å². The van der Waals surface area contributed by atoms with Crippen LogP contribution in [0.3, 0.4) is 0 Å². The quantitative estimate of drug-likeness (QED) is 0.816. The highest BCUT2D eigenvalue weighted by Crippen LogP contribution is 2.22. The van der Waals surface area contributed by atoms with Crippen LogP contribution in [0, 0.1) is 0 Å². The highest BCUT2D eigenvalue weighted by atomic mass is 35.5. The highest BCUT2D eigenvalue weighted by molar-refractivity contribution is 7.18. The van der Waals surface area contributed by atoms with Crippen LogP contribution in [0.25, 0.3) is 0 Å². The predicted octanol–water partition coefficient (Wildman–Crippen LogP) is 2.49. The number of rotatable bonds is 3. The molecule has 2 aromatic heterocycles. The third-order valence-corrected chi connectivity index (χ3v) is 3.45. The van der Waals surface area contributed by atoms with Gasteiger partial charge in [0.25, 0.3) is 0 Å². The fourth-order valence-corrected chi connectivity index (χ4v) is 2.38. The average Bonchev–Trinajstić information content (AvgIpc) is 2.70. The Kier molecular flexibility index (Phi) is 3.61. The molecule has 0 N–H and O–H groups in total. The number of ketones is 1. The van der Waals surface area contributed by atoms with Gasteiger partial charge in [0.15, 0.2) is 5.78 Å². The number of aromatic nitrogens is 2. The molecule has 2 aromatic rings. The first-order chi connectivity index (χ1) is 8.06. The van der Waals surface area contributed by atoms with Crippen molar-refractivity contribution in [2.75, 3.05) is 0 Å². The predicted molar refractivity (Wildman–Crippen MR) is 67.2 cm³/mol. The summed E-state index contributed by atoms with van der Waals surface area (Å²) in [4.78, 5) is 27.2. The molecule has 7 heteroatoms. The van der Waals surface area contributed by atoms with Crippen molar-refractivity contribution in [3.05, 3.63) is 49.2 Å². The highest BCUT2D eigenvalue weighted by Gasteiger charge is 2.10. The van der Waals surface area contributed by atoms with Crippen LogP contribution in [-0.4, -0.2) is 15.3 Å². The molecule has 0 aromatic carbocycles. The molecule has 2 rings (SSSR count). The second kappa shape index (κ2) is 5.00. The minimum atomic E-state index is -0.509. The van der Waals surface area contributed by atoms with Gasteiger partial charge in [0, 0.05) is 6.20 Å². The van der Waals surface area contributed by atoms with Crippen molar-refractivity contribution in [1.82, 2.24) is 9.55 Å². The van der Waals surface area contributed by atoms with E-state index in [-0.39, 0.29) is 12.3 Å². The molecular formula is C10H6Cl2N2O2S. The molecule has 0 aliphatic rings. The lowest BCUT2D eigenvalue weighted by molar-refractivity contribution is 0.0974. The summed E-state index contributed by atoms with van der Waals surface area (Å²) in [5.74, 6) is -0.201. The van der Waals surface area contributed by atoms with Crippen LogP contribution in [0.2, 0.25) is 9.36 Å². The number of carbonyl (C=O) groups is 1. The Morgan fingerprint density at radius 3 is 2.82 bits per heavy atom. The summed E-state index contributed by atoms with van der Waals surface area (Å²) in [5.41, 5.74) is -0.509. The zero-order valence-corrected chi connectivity index (χ0v) is 10.7. The maximum atomic E-state index is 11.8. The van der Waals surface area contributed by atoms with Crippen LogP contribution in [0.4, 0.5) is 0 Å². The molecule has 0 aliphatic carbocycles. The van der Waals surface area contributed by atoms with Crippen LogP contribution in [-0.2, 0) is 6.54 Å². The lowest BCUT2D eigenvalue weighted by Crippen LogP contribution is -2.25. The first-order valence-corrected chi connectivity index (χ1v) is 6.14. The molecule has 0 unspecified atom stereocenters. The van der Waals surface area contributed by atoms with Crippen molar-refractivity contribution in [1.29, 1.82) is 0 Å². The summed E-state index contributed by atoms with van der Waals surface area (Å²) in [6.45, 7) is -0.0940. The lowest BCUT2D eigenvalue weighted by atomic mass is 10.3. The SMILES string of the molecule is O=C(Cn1cc(Cl)cnc1=O)c1ccc(Cl)s1. The van der Waals surface area contributed by atoms with Gasteiger partial charge < -0.3 is 0 Å². The monoisotopic (exact) mass is 288 g/mol. The second-order valence-corrected chi connectivity index (χ2v) is 5.36. The van der Waals surface area contributed by atoms with Crippen LogP contribution < -0.4 is 5.69 Å². The van der Waals surface area contributed by atoms with E-state index in [9.17, 15) is 9.59 Å². The zero-order valence-electron chi connectivity index (χ0n) is 8.39. The third kappa shape index (κ3) is 2.94. The molecule has 4 nitrogen and oxygen atoms in total. The maximum absolute atomic E-state index is 11.8. The van der Waals surface area contributed by atoms with Gasteiger partial charge >= 0.3 is 5.69 Å². The molecular weight excluding hydrogens is 283 g/mol. The lowest BCUT2D eigenvalue weighted by Gasteiger charge is -2.02. The first-order valence-electron chi connectivity index (χ1n) is 4.57. The van der Waals surface area contributed by atoms with Gasteiger partial charge in [0.1, 0.15) is 0 Å². The van der Waals surface area contributed by atoms with Gasteiger partial charge in [-0.15, -0.1) is 11.3 Å².